The second-order valence-electron chi connectivity index (χ2n) is 4.85. The van der Waals surface area contributed by atoms with E-state index in [9.17, 15) is 14.0 Å². The summed E-state index contributed by atoms with van der Waals surface area (Å²) in [5.41, 5.74) is 0. The summed E-state index contributed by atoms with van der Waals surface area (Å²) in [7, 11) is -8.02. The van der Waals surface area contributed by atoms with Crippen LogP contribution in [-0.4, -0.2) is 26.7 Å². The van der Waals surface area contributed by atoms with E-state index in [1.807, 2.05) is 0 Å². The summed E-state index contributed by atoms with van der Waals surface area (Å²) in [5, 5.41) is 0. The van der Waals surface area contributed by atoms with Gasteiger partial charge in [0.25, 0.3) is 0 Å². The van der Waals surface area contributed by atoms with Gasteiger partial charge in [0.1, 0.15) is 5.90 Å². The van der Waals surface area contributed by atoms with Gasteiger partial charge < -0.3 is 19.0 Å². The van der Waals surface area contributed by atoms with Crippen molar-refractivity contribution in [3.63, 3.8) is 0 Å². The largest absolute Gasteiger partial charge is 1.00 e. The van der Waals surface area contributed by atoms with Crippen LogP contribution in [0, 0.1) is 0 Å². The van der Waals surface area contributed by atoms with Crippen LogP contribution in [0.25, 0.3) is 0 Å². The zero-order valence-corrected chi connectivity index (χ0v) is 21.9. The minimum atomic E-state index is -4.37. The molecule has 116 valence electrons. The van der Waals surface area contributed by atoms with Gasteiger partial charge in [-0.25, -0.2) is 0 Å². The third-order valence-electron chi connectivity index (χ3n) is 2.77. The van der Waals surface area contributed by atoms with Crippen LogP contribution in [0.3, 0.4) is 0 Å². The molecular weight excluding hydrogens is 343 g/mol. The zero-order chi connectivity index (χ0) is 14.1. The fourth-order valence-electron chi connectivity index (χ4n) is 1.85. The first-order valence-corrected chi connectivity index (χ1v) is 10.4. The smallest absolute Gasteiger partial charge is 1.00 e. The summed E-state index contributed by atoms with van der Waals surface area (Å²) in [6.45, 7) is 2.17. The fraction of sp³-hybridized carbons (Fsp3) is 1.00. The Balaban J connectivity index is -0.0000000963. The topological polar surface area (TPSA) is 94.8 Å². The summed E-state index contributed by atoms with van der Waals surface area (Å²) in [6.07, 6.45) is 8.53. The molecule has 3 N–H and O–H groups in total. The fourth-order valence-corrected chi connectivity index (χ4v) is 5.44. The van der Waals surface area contributed by atoms with E-state index in [1.54, 1.807) is 0 Å². The molecule has 1 unspecified atom stereocenters. The van der Waals surface area contributed by atoms with Crippen molar-refractivity contribution in [2.24, 2.45) is 0 Å². The van der Waals surface area contributed by atoms with Crippen LogP contribution < -0.4 is 88.7 Å². The first-order chi connectivity index (χ1) is 8.27. The number of hydrogen-bond donors (Lipinski definition) is 3. The Labute approximate surface area is 199 Å². The van der Waals surface area contributed by atoms with Crippen molar-refractivity contribution in [2.75, 3.05) is 12.1 Å². The first-order valence-electron chi connectivity index (χ1n) is 6.62. The average Bonchev–Trinajstić information content (AvgIpc) is 2.18. The molecule has 0 aromatic carbocycles. The molecule has 0 spiro atoms. The molecule has 0 rings (SSSR count). The van der Waals surface area contributed by atoms with E-state index >= 15 is 0 Å². The van der Waals surface area contributed by atoms with E-state index in [0.717, 1.165) is 19.3 Å². The molecule has 0 aliphatic rings. The number of unbranched alkanes of at least 4 members (excludes halogenated alkanes) is 7. The third-order valence-corrected chi connectivity index (χ3v) is 7.02. The number of hydrogen-bond acceptors (Lipinski definition) is 2. The predicted molar refractivity (Wildman–Crippen MR) is 77.5 cm³/mol. The Morgan fingerprint density at radius 2 is 1.14 bits per heavy atom. The Hall–Kier alpha value is 3.34. The molecule has 0 aromatic heterocycles. The maximum atomic E-state index is 11.5. The maximum absolute atomic E-state index is 11.5. The van der Waals surface area contributed by atoms with Crippen LogP contribution in [0.15, 0.2) is 0 Å². The van der Waals surface area contributed by atoms with Crippen LogP contribution >= 0.6 is 15.0 Å². The van der Waals surface area contributed by atoms with Crippen molar-refractivity contribution < 1.29 is 117 Å². The Kier molecular flexibility index (Phi) is 27.7. The molecule has 1 atom stereocenters. The molecule has 0 saturated heterocycles. The molecule has 0 heterocycles. The first kappa shape index (κ1) is 32.0. The minimum absolute atomic E-state index is 0. The molecule has 0 aliphatic carbocycles. The Morgan fingerprint density at radius 3 is 1.52 bits per heavy atom. The molecular formula is C11H29Na3O5P2. The molecule has 0 aromatic rings. The van der Waals surface area contributed by atoms with Gasteiger partial charge >= 0.3 is 96.3 Å². The van der Waals surface area contributed by atoms with Crippen LogP contribution in [0.2, 0.25) is 0 Å². The molecule has 5 nitrogen and oxygen atoms in total. The van der Waals surface area contributed by atoms with Crippen molar-refractivity contribution in [1.29, 1.82) is 0 Å². The van der Waals surface area contributed by atoms with Crippen molar-refractivity contribution in [3.05, 3.63) is 0 Å². The maximum Gasteiger partial charge on any atom is 1.00 e. The van der Waals surface area contributed by atoms with Gasteiger partial charge in [0.05, 0.1) is 0 Å². The second kappa shape index (κ2) is 18.1. The van der Waals surface area contributed by atoms with E-state index in [0.29, 0.717) is 6.42 Å². The molecule has 0 bridgehead atoms. The van der Waals surface area contributed by atoms with Crippen LogP contribution in [-0.2, 0) is 9.13 Å². The molecule has 0 fully saturated rings. The molecule has 10 heteroatoms. The van der Waals surface area contributed by atoms with Gasteiger partial charge in [-0.05, 0) is 6.42 Å². The van der Waals surface area contributed by atoms with E-state index in [2.05, 4.69) is 6.92 Å². The third kappa shape index (κ3) is 25.7. The van der Waals surface area contributed by atoms with Gasteiger partial charge in [0, 0.05) is 6.16 Å². The molecule has 0 saturated carbocycles. The van der Waals surface area contributed by atoms with E-state index in [4.69, 9.17) is 9.79 Å². The second-order valence-corrected chi connectivity index (χ2v) is 9.45. The standard InChI is InChI=1S/C11H26O5P2.3Na.3H/c1-2-3-4-5-6-7-8-9-10-17(12,13)11-18(14,15)16;;;;;;/h2-11H2,1H3,(H,12,13)(H2,14,15,16);;;;;;/q;3*+1;3*-1. The van der Waals surface area contributed by atoms with Gasteiger partial charge in [-0.2, -0.15) is 0 Å². The number of rotatable bonds is 11. The molecule has 0 radical (unpaired) electrons. The van der Waals surface area contributed by atoms with E-state index in [-0.39, 0.29) is 99.1 Å². The summed E-state index contributed by atoms with van der Waals surface area (Å²) < 4.78 is 22.1. The van der Waals surface area contributed by atoms with Crippen molar-refractivity contribution >= 4 is 15.0 Å². The van der Waals surface area contributed by atoms with Crippen molar-refractivity contribution in [2.45, 2.75) is 58.3 Å². The summed E-state index contributed by atoms with van der Waals surface area (Å²) in [5.74, 6) is -0.878. The molecule has 0 amide bonds. The van der Waals surface area contributed by atoms with Crippen molar-refractivity contribution in [3.8, 4) is 0 Å². The van der Waals surface area contributed by atoms with Gasteiger partial charge in [0.2, 0.25) is 7.37 Å². The van der Waals surface area contributed by atoms with E-state index < -0.39 is 20.9 Å². The van der Waals surface area contributed by atoms with Crippen LogP contribution in [0.5, 0.6) is 0 Å². The quantitative estimate of drug-likeness (QED) is 0.192. The Morgan fingerprint density at radius 1 is 0.762 bits per heavy atom. The molecule has 0 aliphatic heterocycles. The summed E-state index contributed by atoms with van der Waals surface area (Å²) >= 11 is 0. The average molecular weight is 372 g/mol. The van der Waals surface area contributed by atoms with Crippen LogP contribution in [0.1, 0.15) is 62.6 Å². The van der Waals surface area contributed by atoms with Gasteiger partial charge in [-0.15, -0.1) is 0 Å². The van der Waals surface area contributed by atoms with Gasteiger partial charge in [-0.3, -0.25) is 9.13 Å². The summed E-state index contributed by atoms with van der Waals surface area (Å²) in [6, 6.07) is 0. The van der Waals surface area contributed by atoms with Gasteiger partial charge in [0.15, 0.2) is 0 Å². The minimum Gasteiger partial charge on any atom is -1.00 e. The predicted octanol–water partition coefficient (Wildman–Crippen LogP) is -5.12. The normalized spacial score (nSPS) is 13.3. The Bertz CT molecular complexity index is 325. The van der Waals surface area contributed by atoms with E-state index in [1.165, 1.54) is 25.7 Å². The molecule has 21 heavy (non-hydrogen) atoms. The van der Waals surface area contributed by atoms with Crippen LogP contribution in [0.4, 0.5) is 0 Å². The van der Waals surface area contributed by atoms with Crippen molar-refractivity contribution in [1.82, 2.24) is 0 Å². The van der Waals surface area contributed by atoms with Gasteiger partial charge in [-0.1, -0.05) is 51.9 Å². The zero-order valence-electron chi connectivity index (χ0n) is 17.1. The SMILES string of the molecule is CCCCCCCCCCP(=O)(O)CP(=O)(O)O.[H-].[H-].[H-].[Na+].[Na+].[Na+]. The monoisotopic (exact) mass is 372 g/mol. The summed E-state index contributed by atoms with van der Waals surface area (Å²) in [4.78, 5) is 26.7.